The van der Waals surface area contributed by atoms with Crippen LogP contribution in [0.15, 0.2) is 18.2 Å². The molecule has 0 aliphatic heterocycles. The van der Waals surface area contributed by atoms with Crippen LogP contribution in [0.1, 0.15) is 50.2 Å². The van der Waals surface area contributed by atoms with Gasteiger partial charge in [0.15, 0.2) is 0 Å². The van der Waals surface area contributed by atoms with Gasteiger partial charge in [0.05, 0.1) is 12.2 Å². The van der Waals surface area contributed by atoms with Gasteiger partial charge in [-0.2, -0.15) is 0 Å². The van der Waals surface area contributed by atoms with Crippen LogP contribution in [0.2, 0.25) is 5.02 Å². The van der Waals surface area contributed by atoms with Gasteiger partial charge in [-0.25, -0.2) is 0 Å². The van der Waals surface area contributed by atoms with Gasteiger partial charge in [0, 0.05) is 18.1 Å². The van der Waals surface area contributed by atoms with E-state index in [-0.39, 0.29) is 6.10 Å². The number of benzene rings is 1. The van der Waals surface area contributed by atoms with E-state index in [4.69, 9.17) is 16.3 Å². The molecule has 0 bridgehead atoms. The van der Waals surface area contributed by atoms with Gasteiger partial charge in [-0.05, 0) is 49.8 Å². The lowest BCUT2D eigenvalue weighted by atomic mass is 9.82. The summed E-state index contributed by atoms with van der Waals surface area (Å²) in [5.41, 5.74) is 2.15. The quantitative estimate of drug-likeness (QED) is 0.836. The molecule has 2 rings (SSSR count). The van der Waals surface area contributed by atoms with E-state index in [1.807, 2.05) is 32.0 Å². The summed E-state index contributed by atoms with van der Waals surface area (Å²) in [5.74, 6) is 0.484. The van der Waals surface area contributed by atoms with Crippen molar-refractivity contribution in [3.05, 3.63) is 34.3 Å². The van der Waals surface area contributed by atoms with Crippen LogP contribution >= 0.6 is 11.6 Å². The predicted octanol–water partition coefficient (Wildman–Crippen LogP) is 4.54. The highest BCUT2D eigenvalue weighted by atomic mass is 35.5. The third kappa shape index (κ3) is 4.70. The molecule has 3 heteroatoms. The molecule has 1 N–H and O–H groups in total. The van der Waals surface area contributed by atoms with Crippen molar-refractivity contribution in [1.82, 2.24) is 0 Å². The van der Waals surface area contributed by atoms with Crippen LogP contribution in [-0.2, 0) is 11.2 Å². The van der Waals surface area contributed by atoms with Crippen molar-refractivity contribution in [1.29, 1.82) is 0 Å². The van der Waals surface area contributed by atoms with E-state index in [1.54, 1.807) is 0 Å². The van der Waals surface area contributed by atoms with Crippen LogP contribution in [0.25, 0.3) is 0 Å². The molecule has 1 aliphatic rings. The van der Waals surface area contributed by atoms with Crippen molar-refractivity contribution in [3.63, 3.8) is 0 Å². The number of ether oxygens (including phenoxy) is 1. The number of rotatable bonds is 6. The molecular weight excluding hydrogens is 284 g/mol. The SMILES string of the molecule is CCOC(C(O)Cc1ccc(C)cc1Cl)C1CCCCC1. The van der Waals surface area contributed by atoms with E-state index < -0.39 is 6.10 Å². The largest absolute Gasteiger partial charge is 0.390 e. The lowest BCUT2D eigenvalue weighted by Crippen LogP contribution is -2.38. The molecule has 0 aromatic heterocycles. The first-order valence-electron chi connectivity index (χ1n) is 8.16. The van der Waals surface area contributed by atoms with Gasteiger partial charge >= 0.3 is 0 Å². The zero-order valence-electron chi connectivity index (χ0n) is 13.1. The first-order valence-corrected chi connectivity index (χ1v) is 8.54. The summed E-state index contributed by atoms with van der Waals surface area (Å²) in [7, 11) is 0. The molecule has 0 radical (unpaired) electrons. The zero-order chi connectivity index (χ0) is 15.2. The Hall–Kier alpha value is -0.570. The Morgan fingerprint density at radius 3 is 2.62 bits per heavy atom. The first-order chi connectivity index (χ1) is 10.1. The van der Waals surface area contributed by atoms with Gasteiger partial charge in [-0.3, -0.25) is 0 Å². The van der Waals surface area contributed by atoms with E-state index in [0.29, 0.717) is 18.9 Å². The summed E-state index contributed by atoms with van der Waals surface area (Å²) in [6.45, 7) is 4.68. The van der Waals surface area contributed by atoms with Crippen molar-refractivity contribution in [2.45, 2.75) is 64.6 Å². The Balaban J connectivity index is 2.04. The van der Waals surface area contributed by atoms with E-state index in [9.17, 15) is 5.11 Å². The summed E-state index contributed by atoms with van der Waals surface area (Å²) in [5, 5.41) is 11.4. The first kappa shape index (κ1) is 16.8. The molecule has 0 spiro atoms. The van der Waals surface area contributed by atoms with Gasteiger partial charge in [0.25, 0.3) is 0 Å². The summed E-state index contributed by atoms with van der Waals surface area (Å²) in [6.07, 6.45) is 6.20. The fraction of sp³-hybridized carbons (Fsp3) is 0.667. The highest BCUT2D eigenvalue weighted by Crippen LogP contribution is 2.31. The lowest BCUT2D eigenvalue weighted by Gasteiger charge is -2.33. The molecule has 1 fully saturated rings. The van der Waals surface area contributed by atoms with Crippen molar-refractivity contribution in [2.75, 3.05) is 6.61 Å². The molecule has 1 aromatic carbocycles. The Bertz CT molecular complexity index is 441. The third-order valence-electron chi connectivity index (χ3n) is 4.49. The van der Waals surface area contributed by atoms with E-state index >= 15 is 0 Å². The van der Waals surface area contributed by atoms with E-state index in [1.165, 1.54) is 32.1 Å². The van der Waals surface area contributed by atoms with Crippen LogP contribution < -0.4 is 0 Å². The Morgan fingerprint density at radius 2 is 2.00 bits per heavy atom. The summed E-state index contributed by atoms with van der Waals surface area (Å²) >= 11 is 6.29. The third-order valence-corrected chi connectivity index (χ3v) is 4.84. The molecule has 0 heterocycles. The molecule has 1 saturated carbocycles. The normalized spacial score (nSPS) is 19.4. The molecule has 21 heavy (non-hydrogen) atoms. The molecule has 0 amide bonds. The Morgan fingerprint density at radius 1 is 1.29 bits per heavy atom. The number of aliphatic hydroxyl groups is 1. The highest BCUT2D eigenvalue weighted by Gasteiger charge is 2.30. The van der Waals surface area contributed by atoms with E-state index in [0.717, 1.165) is 16.1 Å². The highest BCUT2D eigenvalue weighted by molar-refractivity contribution is 6.31. The average molecular weight is 311 g/mol. The standard InChI is InChI=1S/C18H27ClO2/c1-3-21-18(14-7-5-4-6-8-14)17(20)12-15-10-9-13(2)11-16(15)19/h9-11,14,17-18,20H,3-8,12H2,1-2H3. The van der Waals surface area contributed by atoms with Gasteiger partial charge in [0.1, 0.15) is 0 Å². The fourth-order valence-corrected chi connectivity index (χ4v) is 3.69. The van der Waals surface area contributed by atoms with Crippen molar-refractivity contribution < 1.29 is 9.84 Å². The molecular formula is C18H27ClO2. The minimum Gasteiger partial charge on any atom is -0.390 e. The molecule has 118 valence electrons. The van der Waals surface area contributed by atoms with Crippen molar-refractivity contribution >= 4 is 11.6 Å². The number of aliphatic hydroxyl groups excluding tert-OH is 1. The minimum absolute atomic E-state index is 0.0623. The number of hydrogen-bond acceptors (Lipinski definition) is 2. The second kappa shape index (κ2) is 8.17. The Kier molecular flexibility index (Phi) is 6.53. The Labute approximate surface area is 133 Å². The van der Waals surface area contributed by atoms with Crippen LogP contribution in [0.5, 0.6) is 0 Å². The molecule has 2 unspecified atom stereocenters. The lowest BCUT2D eigenvalue weighted by molar-refractivity contribution is -0.0715. The van der Waals surface area contributed by atoms with Crippen molar-refractivity contribution in [3.8, 4) is 0 Å². The smallest absolute Gasteiger partial charge is 0.0865 e. The number of hydrogen-bond donors (Lipinski definition) is 1. The average Bonchev–Trinajstić information content (AvgIpc) is 2.48. The molecule has 2 atom stereocenters. The second-order valence-electron chi connectivity index (χ2n) is 6.18. The summed E-state index contributed by atoms with van der Waals surface area (Å²) in [6, 6.07) is 6.02. The summed E-state index contributed by atoms with van der Waals surface area (Å²) < 4.78 is 5.89. The van der Waals surface area contributed by atoms with Gasteiger partial charge < -0.3 is 9.84 Å². The minimum atomic E-state index is -0.478. The number of aryl methyl sites for hydroxylation is 1. The van der Waals surface area contributed by atoms with Crippen LogP contribution in [0.3, 0.4) is 0 Å². The fourth-order valence-electron chi connectivity index (χ4n) is 3.38. The maximum atomic E-state index is 10.7. The topological polar surface area (TPSA) is 29.5 Å². The molecule has 1 aromatic rings. The van der Waals surface area contributed by atoms with Gasteiger partial charge in [0.2, 0.25) is 0 Å². The summed E-state index contributed by atoms with van der Waals surface area (Å²) in [4.78, 5) is 0. The molecule has 2 nitrogen and oxygen atoms in total. The maximum Gasteiger partial charge on any atom is 0.0865 e. The predicted molar refractivity (Wildman–Crippen MR) is 87.9 cm³/mol. The number of halogens is 1. The second-order valence-corrected chi connectivity index (χ2v) is 6.59. The monoisotopic (exact) mass is 310 g/mol. The van der Waals surface area contributed by atoms with E-state index in [2.05, 4.69) is 0 Å². The van der Waals surface area contributed by atoms with Crippen LogP contribution in [0, 0.1) is 12.8 Å². The van der Waals surface area contributed by atoms with Crippen molar-refractivity contribution in [2.24, 2.45) is 5.92 Å². The van der Waals surface area contributed by atoms with Gasteiger partial charge in [-0.15, -0.1) is 0 Å². The molecule has 0 saturated heterocycles. The van der Waals surface area contributed by atoms with Gasteiger partial charge in [-0.1, -0.05) is 43.0 Å². The molecule has 1 aliphatic carbocycles. The maximum absolute atomic E-state index is 10.7. The van der Waals surface area contributed by atoms with Crippen LogP contribution in [0.4, 0.5) is 0 Å². The zero-order valence-corrected chi connectivity index (χ0v) is 13.9. The van der Waals surface area contributed by atoms with Crippen LogP contribution in [-0.4, -0.2) is 23.9 Å².